The SMILES string of the molecule is CCCCCCN1CC2CCCC2C1. The minimum atomic E-state index is 1.08. The molecule has 0 spiro atoms. The lowest BCUT2D eigenvalue weighted by Crippen LogP contribution is -2.22. The molecule has 0 aromatic rings. The molecule has 1 saturated carbocycles. The van der Waals surface area contributed by atoms with Crippen LogP contribution in [0.25, 0.3) is 0 Å². The number of nitrogens with zero attached hydrogens (tertiary/aromatic N) is 1. The molecule has 0 bridgehead atoms. The third kappa shape index (κ3) is 2.50. The van der Waals surface area contributed by atoms with Gasteiger partial charge in [0.2, 0.25) is 0 Å². The standard InChI is InChI=1S/C13H25N/c1-2-3-4-5-9-14-10-12-7-6-8-13(12)11-14/h12-13H,2-11H2,1H3. The molecule has 0 amide bonds. The van der Waals surface area contributed by atoms with Crippen molar-refractivity contribution in [1.82, 2.24) is 4.90 Å². The molecule has 1 nitrogen and oxygen atoms in total. The number of likely N-dealkylation sites (tertiary alicyclic amines) is 1. The van der Waals surface area contributed by atoms with E-state index in [4.69, 9.17) is 0 Å². The second-order valence-corrected chi connectivity index (χ2v) is 5.27. The van der Waals surface area contributed by atoms with Crippen molar-refractivity contribution in [3.8, 4) is 0 Å². The first-order valence-electron chi connectivity index (χ1n) is 6.62. The van der Waals surface area contributed by atoms with Crippen molar-refractivity contribution in [3.05, 3.63) is 0 Å². The van der Waals surface area contributed by atoms with Crippen molar-refractivity contribution in [2.75, 3.05) is 19.6 Å². The van der Waals surface area contributed by atoms with Gasteiger partial charge in [-0.15, -0.1) is 0 Å². The van der Waals surface area contributed by atoms with Gasteiger partial charge in [-0.05, 0) is 37.6 Å². The van der Waals surface area contributed by atoms with Gasteiger partial charge in [0.15, 0.2) is 0 Å². The van der Waals surface area contributed by atoms with Gasteiger partial charge in [-0.3, -0.25) is 0 Å². The molecule has 0 aromatic carbocycles. The molecular weight excluding hydrogens is 170 g/mol. The molecule has 1 heteroatoms. The molecule has 2 fully saturated rings. The summed E-state index contributed by atoms with van der Waals surface area (Å²) in [4.78, 5) is 2.73. The first kappa shape index (κ1) is 10.5. The summed E-state index contributed by atoms with van der Waals surface area (Å²) in [6.07, 6.45) is 10.2. The average molecular weight is 195 g/mol. The van der Waals surface area contributed by atoms with Crippen LogP contribution >= 0.6 is 0 Å². The van der Waals surface area contributed by atoms with E-state index in [1.165, 1.54) is 64.6 Å². The van der Waals surface area contributed by atoms with Crippen LogP contribution in [0.5, 0.6) is 0 Å². The second-order valence-electron chi connectivity index (χ2n) is 5.27. The lowest BCUT2D eigenvalue weighted by atomic mass is 10.0. The minimum Gasteiger partial charge on any atom is -0.303 e. The smallest absolute Gasteiger partial charge is 0.00129 e. The highest BCUT2D eigenvalue weighted by atomic mass is 15.2. The first-order chi connectivity index (χ1) is 6.90. The summed E-state index contributed by atoms with van der Waals surface area (Å²) >= 11 is 0. The fourth-order valence-corrected chi connectivity index (χ4v) is 3.28. The molecule has 0 N–H and O–H groups in total. The average Bonchev–Trinajstić information content (AvgIpc) is 2.72. The molecule has 82 valence electrons. The molecule has 1 heterocycles. The number of hydrogen-bond acceptors (Lipinski definition) is 1. The summed E-state index contributed by atoms with van der Waals surface area (Å²) in [7, 11) is 0. The summed E-state index contributed by atoms with van der Waals surface area (Å²) in [5.74, 6) is 2.17. The van der Waals surface area contributed by atoms with Crippen LogP contribution in [0.3, 0.4) is 0 Å². The van der Waals surface area contributed by atoms with E-state index in [1.54, 1.807) is 0 Å². The number of rotatable bonds is 5. The highest BCUT2D eigenvalue weighted by Crippen LogP contribution is 2.37. The minimum absolute atomic E-state index is 1.08. The highest BCUT2D eigenvalue weighted by molar-refractivity contribution is 4.88. The number of unbranched alkanes of at least 4 members (excludes halogenated alkanes) is 3. The van der Waals surface area contributed by atoms with Crippen molar-refractivity contribution in [2.24, 2.45) is 11.8 Å². The van der Waals surface area contributed by atoms with E-state index >= 15 is 0 Å². The summed E-state index contributed by atoms with van der Waals surface area (Å²) in [5.41, 5.74) is 0. The van der Waals surface area contributed by atoms with E-state index in [-0.39, 0.29) is 0 Å². The summed E-state index contributed by atoms with van der Waals surface area (Å²) in [6.45, 7) is 6.53. The Kier molecular flexibility index (Phi) is 3.86. The molecular formula is C13H25N. The Morgan fingerprint density at radius 2 is 1.71 bits per heavy atom. The molecule has 0 radical (unpaired) electrons. The topological polar surface area (TPSA) is 3.24 Å². The number of hydrogen-bond donors (Lipinski definition) is 0. The lowest BCUT2D eigenvalue weighted by molar-refractivity contribution is 0.303. The molecule has 2 rings (SSSR count). The molecule has 2 aliphatic rings. The Balaban J connectivity index is 1.60. The van der Waals surface area contributed by atoms with Gasteiger partial charge < -0.3 is 4.90 Å². The third-order valence-corrected chi connectivity index (χ3v) is 4.13. The van der Waals surface area contributed by atoms with Crippen molar-refractivity contribution in [2.45, 2.75) is 51.9 Å². The zero-order valence-corrected chi connectivity index (χ0v) is 9.67. The van der Waals surface area contributed by atoms with E-state index in [0.717, 1.165) is 11.8 Å². The summed E-state index contributed by atoms with van der Waals surface area (Å²) < 4.78 is 0. The normalized spacial score (nSPS) is 32.4. The summed E-state index contributed by atoms with van der Waals surface area (Å²) in [6, 6.07) is 0. The maximum absolute atomic E-state index is 2.73. The lowest BCUT2D eigenvalue weighted by Gasteiger charge is -2.16. The molecule has 14 heavy (non-hydrogen) atoms. The number of fused-ring (bicyclic) bond motifs is 1. The van der Waals surface area contributed by atoms with E-state index < -0.39 is 0 Å². The van der Waals surface area contributed by atoms with Crippen LogP contribution in [-0.2, 0) is 0 Å². The third-order valence-electron chi connectivity index (χ3n) is 4.13. The molecule has 1 saturated heterocycles. The van der Waals surface area contributed by atoms with Gasteiger partial charge in [0.1, 0.15) is 0 Å². The van der Waals surface area contributed by atoms with E-state index in [9.17, 15) is 0 Å². The molecule has 1 aliphatic heterocycles. The van der Waals surface area contributed by atoms with Crippen molar-refractivity contribution < 1.29 is 0 Å². The van der Waals surface area contributed by atoms with E-state index in [2.05, 4.69) is 11.8 Å². The van der Waals surface area contributed by atoms with Gasteiger partial charge >= 0.3 is 0 Å². The predicted octanol–water partition coefficient (Wildman–Crippen LogP) is 3.30. The van der Waals surface area contributed by atoms with Gasteiger partial charge in [0, 0.05) is 13.1 Å². The summed E-state index contributed by atoms with van der Waals surface area (Å²) in [5, 5.41) is 0. The fraction of sp³-hybridized carbons (Fsp3) is 1.00. The Morgan fingerprint density at radius 3 is 2.36 bits per heavy atom. The maximum Gasteiger partial charge on any atom is 0.00129 e. The van der Waals surface area contributed by atoms with Gasteiger partial charge in [0.05, 0.1) is 0 Å². The van der Waals surface area contributed by atoms with Crippen LogP contribution in [0, 0.1) is 11.8 Å². The fourth-order valence-electron chi connectivity index (χ4n) is 3.28. The Morgan fingerprint density at radius 1 is 1.00 bits per heavy atom. The van der Waals surface area contributed by atoms with Gasteiger partial charge in [-0.1, -0.05) is 32.6 Å². The Bertz CT molecular complexity index is 155. The first-order valence-corrected chi connectivity index (χ1v) is 6.62. The van der Waals surface area contributed by atoms with Crippen LogP contribution in [-0.4, -0.2) is 24.5 Å². The van der Waals surface area contributed by atoms with Gasteiger partial charge in [-0.2, -0.15) is 0 Å². The predicted molar refractivity (Wildman–Crippen MR) is 61.4 cm³/mol. The van der Waals surface area contributed by atoms with E-state index in [0.29, 0.717) is 0 Å². The zero-order valence-electron chi connectivity index (χ0n) is 9.67. The monoisotopic (exact) mass is 195 g/mol. The molecule has 2 atom stereocenters. The van der Waals surface area contributed by atoms with Crippen LogP contribution in [0.2, 0.25) is 0 Å². The largest absolute Gasteiger partial charge is 0.303 e. The maximum atomic E-state index is 2.73. The van der Waals surface area contributed by atoms with Crippen molar-refractivity contribution >= 4 is 0 Å². The van der Waals surface area contributed by atoms with Gasteiger partial charge in [0.25, 0.3) is 0 Å². The zero-order chi connectivity index (χ0) is 9.80. The van der Waals surface area contributed by atoms with Crippen LogP contribution in [0.15, 0.2) is 0 Å². The molecule has 2 unspecified atom stereocenters. The van der Waals surface area contributed by atoms with Gasteiger partial charge in [-0.25, -0.2) is 0 Å². The molecule has 1 aliphatic carbocycles. The Hall–Kier alpha value is -0.0400. The molecule has 0 aromatic heterocycles. The van der Waals surface area contributed by atoms with Crippen molar-refractivity contribution in [3.63, 3.8) is 0 Å². The van der Waals surface area contributed by atoms with Crippen LogP contribution < -0.4 is 0 Å². The highest BCUT2D eigenvalue weighted by Gasteiger charge is 2.35. The van der Waals surface area contributed by atoms with E-state index in [1.807, 2.05) is 0 Å². The second kappa shape index (κ2) is 5.16. The Labute approximate surface area is 88.9 Å². The quantitative estimate of drug-likeness (QED) is 0.608. The van der Waals surface area contributed by atoms with Crippen LogP contribution in [0.1, 0.15) is 51.9 Å². The van der Waals surface area contributed by atoms with Crippen molar-refractivity contribution in [1.29, 1.82) is 0 Å². The van der Waals surface area contributed by atoms with Crippen LogP contribution in [0.4, 0.5) is 0 Å².